The molecule has 3 heterocycles. The molecule has 3 fully saturated rings. The van der Waals surface area contributed by atoms with Gasteiger partial charge in [-0.15, -0.1) is 0 Å². The van der Waals surface area contributed by atoms with Crippen molar-refractivity contribution in [1.82, 2.24) is 4.90 Å². The number of benzene rings is 1. The van der Waals surface area contributed by atoms with E-state index in [1.54, 1.807) is 24.3 Å². The van der Waals surface area contributed by atoms with E-state index in [4.69, 9.17) is 4.74 Å². The van der Waals surface area contributed by atoms with E-state index < -0.39 is 12.1 Å². The topological polar surface area (TPSA) is 49.8 Å². The van der Waals surface area contributed by atoms with Crippen LogP contribution in [0.15, 0.2) is 30.3 Å². The molecule has 2 atom stereocenters. The molecule has 19 heavy (non-hydrogen) atoms. The fraction of sp³-hybridized carbons (Fsp3) is 0.533. The SMILES string of the molecule is O=C(O[C@@H]1CN2CCC1CC2)C(O)c1ccccc1. The Kier molecular flexibility index (Phi) is 3.53. The highest BCUT2D eigenvalue weighted by molar-refractivity contribution is 5.76. The number of aliphatic hydroxyl groups excluding tert-OH is 1. The molecule has 2 bridgehead atoms. The van der Waals surface area contributed by atoms with Crippen molar-refractivity contribution < 1.29 is 14.6 Å². The van der Waals surface area contributed by atoms with Crippen molar-refractivity contribution in [3.63, 3.8) is 0 Å². The lowest BCUT2D eigenvalue weighted by Gasteiger charge is -2.44. The number of carbonyl (C=O) groups is 1. The molecule has 0 radical (unpaired) electrons. The van der Waals surface area contributed by atoms with Gasteiger partial charge in [0, 0.05) is 6.54 Å². The van der Waals surface area contributed by atoms with Gasteiger partial charge >= 0.3 is 5.97 Å². The smallest absolute Gasteiger partial charge is 0.339 e. The Bertz CT molecular complexity index is 440. The van der Waals surface area contributed by atoms with E-state index in [2.05, 4.69) is 4.90 Å². The second-order valence-corrected chi connectivity index (χ2v) is 5.43. The summed E-state index contributed by atoms with van der Waals surface area (Å²) < 4.78 is 5.51. The molecule has 0 amide bonds. The molecule has 3 saturated heterocycles. The Labute approximate surface area is 113 Å². The van der Waals surface area contributed by atoms with Crippen LogP contribution >= 0.6 is 0 Å². The van der Waals surface area contributed by atoms with Crippen LogP contribution in [0.2, 0.25) is 0 Å². The van der Waals surface area contributed by atoms with Crippen molar-refractivity contribution in [3.05, 3.63) is 35.9 Å². The van der Waals surface area contributed by atoms with Crippen molar-refractivity contribution in [1.29, 1.82) is 0 Å². The minimum absolute atomic E-state index is 0.0478. The summed E-state index contributed by atoms with van der Waals surface area (Å²) in [5, 5.41) is 10.0. The summed E-state index contributed by atoms with van der Waals surface area (Å²) in [5.41, 5.74) is 0.591. The first-order valence-corrected chi connectivity index (χ1v) is 6.90. The molecule has 0 saturated carbocycles. The van der Waals surface area contributed by atoms with E-state index in [0.29, 0.717) is 11.5 Å². The van der Waals surface area contributed by atoms with Gasteiger partial charge in [0.1, 0.15) is 6.10 Å². The van der Waals surface area contributed by atoms with Crippen LogP contribution in [0.25, 0.3) is 0 Å². The zero-order valence-electron chi connectivity index (χ0n) is 10.9. The first-order valence-electron chi connectivity index (χ1n) is 6.90. The maximum absolute atomic E-state index is 12.0. The van der Waals surface area contributed by atoms with E-state index in [1.165, 1.54) is 0 Å². The van der Waals surface area contributed by atoms with E-state index in [9.17, 15) is 9.90 Å². The number of fused-ring (bicyclic) bond motifs is 3. The Morgan fingerprint density at radius 1 is 1.26 bits per heavy atom. The van der Waals surface area contributed by atoms with Crippen molar-refractivity contribution in [3.8, 4) is 0 Å². The van der Waals surface area contributed by atoms with Crippen LogP contribution in [-0.2, 0) is 9.53 Å². The van der Waals surface area contributed by atoms with Gasteiger partial charge in [0.05, 0.1) is 0 Å². The zero-order chi connectivity index (χ0) is 13.2. The number of aliphatic hydroxyl groups is 1. The average Bonchev–Trinajstić information content (AvgIpc) is 2.48. The third-order valence-electron chi connectivity index (χ3n) is 4.20. The standard InChI is InChI=1S/C15H19NO3/c17-14(12-4-2-1-3-5-12)15(18)19-13-10-16-8-6-11(13)7-9-16/h1-5,11,13-14,17H,6-10H2/t13-,14?/m1/s1. The van der Waals surface area contributed by atoms with Crippen LogP contribution in [0.5, 0.6) is 0 Å². The lowest BCUT2D eigenvalue weighted by molar-refractivity contribution is -0.169. The van der Waals surface area contributed by atoms with Crippen LogP contribution < -0.4 is 0 Å². The van der Waals surface area contributed by atoms with Gasteiger partial charge in [-0.05, 0) is 37.4 Å². The second kappa shape index (κ2) is 5.31. The molecule has 4 heteroatoms. The molecule has 0 spiro atoms. The summed E-state index contributed by atoms with van der Waals surface area (Å²) in [7, 11) is 0. The molecule has 0 aliphatic carbocycles. The van der Waals surface area contributed by atoms with Crippen molar-refractivity contribution in [2.75, 3.05) is 19.6 Å². The van der Waals surface area contributed by atoms with Gasteiger partial charge in [-0.2, -0.15) is 0 Å². The number of nitrogens with zero attached hydrogens (tertiary/aromatic N) is 1. The van der Waals surface area contributed by atoms with Crippen molar-refractivity contribution in [2.24, 2.45) is 5.92 Å². The Hall–Kier alpha value is -1.39. The number of hydrogen-bond donors (Lipinski definition) is 1. The van der Waals surface area contributed by atoms with Gasteiger partial charge in [-0.25, -0.2) is 4.79 Å². The normalized spacial score (nSPS) is 30.9. The lowest BCUT2D eigenvalue weighted by atomic mass is 9.86. The van der Waals surface area contributed by atoms with Gasteiger partial charge in [0.25, 0.3) is 0 Å². The van der Waals surface area contributed by atoms with Crippen LogP contribution in [0.4, 0.5) is 0 Å². The quantitative estimate of drug-likeness (QED) is 0.835. The highest BCUT2D eigenvalue weighted by atomic mass is 16.6. The molecular weight excluding hydrogens is 242 g/mol. The van der Waals surface area contributed by atoms with Crippen molar-refractivity contribution in [2.45, 2.75) is 25.0 Å². The van der Waals surface area contributed by atoms with E-state index >= 15 is 0 Å². The van der Waals surface area contributed by atoms with Crippen LogP contribution in [0.1, 0.15) is 24.5 Å². The van der Waals surface area contributed by atoms with E-state index in [0.717, 1.165) is 32.5 Å². The Morgan fingerprint density at radius 2 is 1.95 bits per heavy atom. The van der Waals surface area contributed by atoms with Gasteiger partial charge in [-0.1, -0.05) is 30.3 Å². The number of piperidine rings is 3. The number of carbonyl (C=O) groups excluding carboxylic acids is 1. The minimum atomic E-state index is -1.17. The fourth-order valence-electron chi connectivity index (χ4n) is 3.03. The summed E-state index contributed by atoms with van der Waals surface area (Å²) in [6, 6.07) is 8.94. The van der Waals surface area contributed by atoms with Crippen LogP contribution in [0, 0.1) is 5.92 Å². The first kappa shape index (κ1) is 12.6. The summed E-state index contributed by atoms with van der Waals surface area (Å²) in [6.45, 7) is 3.04. The predicted octanol–water partition coefficient (Wildman–Crippen LogP) is 1.36. The molecule has 4 rings (SSSR count). The molecule has 1 N–H and O–H groups in total. The molecule has 4 nitrogen and oxygen atoms in total. The largest absolute Gasteiger partial charge is 0.459 e. The van der Waals surface area contributed by atoms with Gasteiger partial charge in [0.2, 0.25) is 0 Å². The molecule has 0 aromatic heterocycles. The highest BCUT2D eigenvalue weighted by Gasteiger charge is 2.37. The maximum atomic E-state index is 12.0. The van der Waals surface area contributed by atoms with Gasteiger partial charge in [-0.3, -0.25) is 4.90 Å². The molecule has 1 aromatic carbocycles. The number of rotatable bonds is 3. The van der Waals surface area contributed by atoms with Crippen LogP contribution in [0.3, 0.4) is 0 Å². The first-order chi connectivity index (χ1) is 9.24. The fourth-order valence-corrected chi connectivity index (χ4v) is 3.03. The molecule has 102 valence electrons. The van der Waals surface area contributed by atoms with E-state index in [1.807, 2.05) is 6.07 Å². The summed E-state index contributed by atoms with van der Waals surface area (Å²) >= 11 is 0. The number of ether oxygens (including phenoxy) is 1. The Morgan fingerprint density at radius 3 is 2.53 bits per heavy atom. The van der Waals surface area contributed by atoms with Crippen LogP contribution in [-0.4, -0.2) is 41.7 Å². The van der Waals surface area contributed by atoms with Gasteiger partial charge < -0.3 is 9.84 Å². The lowest BCUT2D eigenvalue weighted by Crippen LogP contribution is -2.52. The minimum Gasteiger partial charge on any atom is -0.459 e. The Balaban J connectivity index is 1.62. The summed E-state index contributed by atoms with van der Waals surface area (Å²) in [5.74, 6) is -0.0538. The second-order valence-electron chi connectivity index (χ2n) is 5.43. The number of hydrogen-bond acceptors (Lipinski definition) is 4. The maximum Gasteiger partial charge on any atom is 0.339 e. The zero-order valence-corrected chi connectivity index (χ0v) is 10.9. The summed E-state index contributed by atoms with van der Waals surface area (Å²) in [4.78, 5) is 14.3. The average molecular weight is 261 g/mol. The molecule has 3 aliphatic heterocycles. The van der Waals surface area contributed by atoms with Gasteiger partial charge in [0.15, 0.2) is 6.10 Å². The molecule has 1 unspecified atom stereocenters. The molecule has 3 aliphatic rings. The number of esters is 1. The third kappa shape index (κ3) is 2.65. The van der Waals surface area contributed by atoms with Crippen molar-refractivity contribution >= 4 is 5.97 Å². The molecule has 1 aromatic rings. The van der Waals surface area contributed by atoms with E-state index in [-0.39, 0.29) is 6.10 Å². The highest BCUT2D eigenvalue weighted by Crippen LogP contribution is 2.30. The predicted molar refractivity (Wildman–Crippen MR) is 70.4 cm³/mol. The summed E-state index contributed by atoms with van der Waals surface area (Å²) in [6.07, 6.45) is 0.976. The third-order valence-corrected chi connectivity index (χ3v) is 4.20. The monoisotopic (exact) mass is 261 g/mol. The molecular formula is C15H19NO3.